The minimum absolute atomic E-state index is 0.771. The Morgan fingerprint density at radius 1 is 1.18 bits per heavy atom. The predicted octanol–water partition coefficient (Wildman–Crippen LogP) is 2.13. The Bertz CT molecular complexity index is 663. The lowest BCUT2D eigenvalue weighted by molar-refractivity contribution is 0.704. The molecular weight excluding hydrogens is 212 g/mol. The van der Waals surface area contributed by atoms with Crippen molar-refractivity contribution in [3.05, 3.63) is 48.0 Å². The molecule has 0 aliphatic rings. The molecule has 0 saturated heterocycles. The molecule has 3 rings (SSSR count). The molecule has 2 aromatic heterocycles. The second-order valence-electron chi connectivity index (χ2n) is 4.21. The molecule has 0 atom stereocenters. The second-order valence-corrected chi connectivity index (χ2v) is 4.21. The summed E-state index contributed by atoms with van der Waals surface area (Å²) >= 11 is 0. The van der Waals surface area contributed by atoms with E-state index in [4.69, 9.17) is 0 Å². The molecular formula is C13H14N4. The van der Waals surface area contributed by atoms with E-state index in [1.807, 2.05) is 49.1 Å². The van der Waals surface area contributed by atoms with Crippen LogP contribution >= 0.6 is 0 Å². The summed E-state index contributed by atoms with van der Waals surface area (Å²) in [7, 11) is 1.93. The van der Waals surface area contributed by atoms with Gasteiger partial charge in [-0.1, -0.05) is 12.1 Å². The molecule has 0 aliphatic carbocycles. The predicted molar refractivity (Wildman–Crippen MR) is 66.8 cm³/mol. The normalized spacial score (nSPS) is 11.2. The number of imidazole rings is 1. The highest BCUT2D eigenvalue weighted by Crippen LogP contribution is 2.16. The van der Waals surface area contributed by atoms with Crippen molar-refractivity contribution >= 4 is 11.0 Å². The first-order chi connectivity index (χ1) is 8.24. The number of aryl methyl sites for hydroxylation is 2. The van der Waals surface area contributed by atoms with Crippen molar-refractivity contribution in [2.24, 2.45) is 7.05 Å². The molecule has 0 fully saturated rings. The molecule has 17 heavy (non-hydrogen) atoms. The van der Waals surface area contributed by atoms with Crippen LogP contribution in [0.4, 0.5) is 0 Å². The highest BCUT2D eigenvalue weighted by atomic mass is 15.3. The average Bonchev–Trinajstić information content (AvgIpc) is 2.85. The zero-order chi connectivity index (χ0) is 11.8. The standard InChI is InChI=1S/C13H14N4/c1-10-14-12-5-3-4-6-13(12)17(10)9-11-7-8-16(2)15-11/h3-8H,9H2,1-2H3. The molecule has 4 nitrogen and oxygen atoms in total. The number of para-hydroxylation sites is 2. The van der Waals surface area contributed by atoms with Crippen LogP contribution < -0.4 is 0 Å². The molecule has 0 amide bonds. The number of benzene rings is 1. The highest BCUT2D eigenvalue weighted by Gasteiger charge is 2.07. The average molecular weight is 226 g/mol. The maximum Gasteiger partial charge on any atom is 0.107 e. The van der Waals surface area contributed by atoms with Gasteiger partial charge in [0.05, 0.1) is 23.3 Å². The fourth-order valence-corrected chi connectivity index (χ4v) is 2.11. The second kappa shape index (κ2) is 3.73. The first kappa shape index (κ1) is 10.1. The van der Waals surface area contributed by atoms with Gasteiger partial charge in [0, 0.05) is 13.2 Å². The lowest BCUT2D eigenvalue weighted by Crippen LogP contribution is -2.03. The van der Waals surface area contributed by atoms with Crippen LogP contribution in [-0.4, -0.2) is 19.3 Å². The number of hydrogen-bond donors (Lipinski definition) is 0. The number of rotatable bonds is 2. The Kier molecular flexibility index (Phi) is 2.21. The van der Waals surface area contributed by atoms with Crippen molar-refractivity contribution in [3.63, 3.8) is 0 Å². The SMILES string of the molecule is Cc1nc2ccccc2n1Cc1ccn(C)n1. The van der Waals surface area contributed by atoms with Gasteiger partial charge in [0.1, 0.15) is 5.82 Å². The van der Waals surface area contributed by atoms with Gasteiger partial charge in [-0.2, -0.15) is 5.10 Å². The highest BCUT2D eigenvalue weighted by molar-refractivity contribution is 5.75. The van der Waals surface area contributed by atoms with Crippen molar-refractivity contribution in [3.8, 4) is 0 Å². The van der Waals surface area contributed by atoms with Crippen LogP contribution in [0.5, 0.6) is 0 Å². The van der Waals surface area contributed by atoms with Gasteiger partial charge < -0.3 is 4.57 Å². The van der Waals surface area contributed by atoms with E-state index < -0.39 is 0 Å². The molecule has 0 N–H and O–H groups in total. The van der Waals surface area contributed by atoms with Crippen LogP contribution in [-0.2, 0) is 13.6 Å². The third-order valence-corrected chi connectivity index (χ3v) is 2.93. The third-order valence-electron chi connectivity index (χ3n) is 2.93. The smallest absolute Gasteiger partial charge is 0.107 e. The van der Waals surface area contributed by atoms with Gasteiger partial charge >= 0.3 is 0 Å². The zero-order valence-electron chi connectivity index (χ0n) is 9.96. The van der Waals surface area contributed by atoms with Gasteiger partial charge in [0.2, 0.25) is 0 Å². The van der Waals surface area contributed by atoms with Gasteiger partial charge in [-0.15, -0.1) is 0 Å². The topological polar surface area (TPSA) is 35.6 Å². The lowest BCUT2D eigenvalue weighted by atomic mass is 10.3. The first-order valence-electron chi connectivity index (χ1n) is 5.64. The van der Waals surface area contributed by atoms with E-state index in [-0.39, 0.29) is 0 Å². The quantitative estimate of drug-likeness (QED) is 0.671. The van der Waals surface area contributed by atoms with Crippen molar-refractivity contribution < 1.29 is 0 Å². The summed E-state index contributed by atoms with van der Waals surface area (Å²) in [5.41, 5.74) is 3.26. The van der Waals surface area contributed by atoms with Gasteiger partial charge in [-0.25, -0.2) is 4.98 Å². The third kappa shape index (κ3) is 1.71. The van der Waals surface area contributed by atoms with Crippen molar-refractivity contribution in [2.75, 3.05) is 0 Å². The van der Waals surface area contributed by atoms with E-state index in [9.17, 15) is 0 Å². The summed E-state index contributed by atoms with van der Waals surface area (Å²) in [6, 6.07) is 10.2. The van der Waals surface area contributed by atoms with Crippen molar-refractivity contribution in [1.29, 1.82) is 0 Å². The molecule has 0 bridgehead atoms. The van der Waals surface area contributed by atoms with Crippen molar-refractivity contribution in [2.45, 2.75) is 13.5 Å². The Balaban J connectivity index is 2.08. The summed E-state index contributed by atoms with van der Waals surface area (Å²) in [5.74, 6) is 1.02. The van der Waals surface area contributed by atoms with Crippen molar-refractivity contribution in [1.82, 2.24) is 19.3 Å². The van der Waals surface area contributed by atoms with E-state index in [0.29, 0.717) is 0 Å². The molecule has 3 aromatic rings. The van der Waals surface area contributed by atoms with Gasteiger partial charge in [-0.3, -0.25) is 4.68 Å². The van der Waals surface area contributed by atoms with Crippen LogP contribution in [0.2, 0.25) is 0 Å². The molecule has 4 heteroatoms. The molecule has 0 spiro atoms. The number of hydrogen-bond acceptors (Lipinski definition) is 2. The fraction of sp³-hybridized carbons (Fsp3) is 0.231. The molecule has 2 heterocycles. The van der Waals surface area contributed by atoms with E-state index in [0.717, 1.165) is 29.1 Å². The van der Waals surface area contributed by atoms with E-state index >= 15 is 0 Å². The summed E-state index contributed by atoms with van der Waals surface area (Å²) < 4.78 is 4.02. The minimum Gasteiger partial charge on any atom is -0.322 e. The van der Waals surface area contributed by atoms with Gasteiger partial charge in [0.15, 0.2) is 0 Å². The van der Waals surface area contributed by atoms with Crippen LogP contribution in [0.25, 0.3) is 11.0 Å². The molecule has 0 unspecified atom stereocenters. The number of aromatic nitrogens is 4. The van der Waals surface area contributed by atoms with Gasteiger partial charge in [0.25, 0.3) is 0 Å². The van der Waals surface area contributed by atoms with E-state index in [1.165, 1.54) is 0 Å². The van der Waals surface area contributed by atoms with Crippen LogP contribution in [0.3, 0.4) is 0 Å². The summed E-state index contributed by atoms with van der Waals surface area (Å²) in [4.78, 5) is 4.54. The van der Waals surface area contributed by atoms with E-state index in [2.05, 4.69) is 20.7 Å². The Labute approximate surface area is 99.5 Å². The molecule has 86 valence electrons. The molecule has 0 saturated carbocycles. The monoisotopic (exact) mass is 226 g/mol. The summed E-state index contributed by atoms with van der Waals surface area (Å²) in [6.45, 7) is 2.80. The Morgan fingerprint density at radius 2 is 2.00 bits per heavy atom. The summed E-state index contributed by atoms with van der Waals surface area (Å²) in [6.07, 6.45) is 1.96. The number of fused-ring (bicyclic) bond motifs is 1. The lowest BCUT2D eigenvalue weighted by Gasteiger charge is -2.03. The maximum absolute atomic E-state index is 4.54. The van der Waals surface area contributed by atoms with Crippen LogP contribution in [0, 0.1) is 6.92 Å². The van der Waals surface area contributed by atoms with Crippen LogP contribution in [0.1, 0.15) is 11.5 Å². The zero-order valence-corrected chi connectivity index (χ0v) is 9.96. The van der Waals surface area contributed by atoms with Gasteiger partial charge in [-0.05, 0) is 25.1 Å². The number of nitrogens with zero attached hydrogens (tertiary/aromatic N) is 4. The largest absolute Gasteiger partial charge is 0.322 e. The first-order valence-corrected chi connectivity index (χ1v) is 5.64. The molecule has 0 aliphatic heterocycles. The molecule has 1 aromatic carbocycles. The minimum atomic E-state index is 0.771. The maximum atomic E-state index is 4.54. The Morgan fingerprint density at radius 3 is 2.76 bits per heavy atom. The fourth-order valence-electron chi connectivity index (χ4n) is 2.11. The Hall–Kier alpha value is -2.10. The van der Waals surface area contributed by atoms with E-state index in [1.54, 1.807) is 0 Å². The molecule has 0 radical (unpaired) electrons. The summed E-state index contributed by atoms with van der Waals surface area (Å²) in [5, 5.41) is 4.40. The van der Waals surface area contributed by atoms with Crippen LogP contribution in [0.15, 0.2) is 36.5 Å².